The lowest BCUT2D eigenvalue weighted by molar-refractivity contribution is -0.142. The smallest absolute Gasteiger partial charge is 0.311 e. The lowest BCUT2D eigenvalue weighted by Gasteiger charge is -2.00. The molecule has 0 atom stereocenters. The second kappa shape index (κ2) is 7.43. The number of rotatable bonds is 6. The van der Waals surface area contributed by atoms with Gasteiger partial charge in [0.25, 0.3) is 0 Å². The van der Waals surface area contributed by atoms with E-state index in [1.54, 1.807) is 12.3 Å². The number of nitrogens with zero attached hydrogens (tertiary/aromatic N) is 2. The summed E-state index contributed by atoms with van der Waals surface area (Å²) in [5.74, 6) is -0.580. The summed E-state index contributed by atoms with van der Waals surface area (Å²) >= 11 is 1.26. The Labute approximate surface area is 148 Å². The summed E-state index contributed by atoms with van der Waals surface area (Å²) in [7, 11) is 0. The molecule has 1 N–H and O–H groups in total. The molecule has 25 heavy (non-hydrogen) atoms. The van der Waals surface area contributed by atoms with Crippen molar-refractivity contribution in [2.75, 3.05) is 11.9 Å². The zero-order chi connectivity index (χ0) is 17.8. The van der Waals surface area contributed by atoms with Crippen LogP contribution in [0.1, 0.15) is 23.9 Å². The first-order valence-corrected chi connectivity index (χ1v) is 8.68. The fraction of sp³-hybridized carbons (Fsp3) is 0.294. The molecule has 1 aromatic carbocycles. The molecule has 2 heterocycles. The molecule has 0 saturated heterocycles. The van der Waals surface area contributed by atoms with E-state index < -0.39 is 0 Å². The highest BCUT2D eigenvalue weighted by Crippen LogP contribution is 2.21. The Morgan fingerprint density at radius 3 is 2.96 bits per heavy atom. The first kappa shape index (κ1) is 17.1. The number of amides is 1. The molecule has 7 nitrogen and oxygen atoms in total. The van der Waals surface area contributed by atoms with Crippen molar-refractivity contribution < 1.29 is 18.8 Å². The van der Waals surface area contributed by atoms with E-state index in [1.807, 2.05) is 25.1 Å². The first-order chi connectivity index (χ1) is 12.0. The third-order valence-electron chi connectivity index (χ3n) is 3.46. The van der Waals surface area contributed by atoms with Crippen LogP contribution in [0.2, 0.25) is 0 Å². The summed E-state index contributed by atoms with van der Waals surface area (Å²) in [6, 6.07) is 5.70. The molecule has 1 amide bonds. The molecular weight excluding hydrogens is 342 g/mol. The van der Waals surface area contributed by atoms with Crippen molar-refractivity contribution in [3.63, 3.8) is 0 Å². The van der Waals surface area contributed by atoms with Crippen LogP contribution in [0.5, 0.6) is 0 Å². The van der Waals surface area contributed by atoms with Gasteiger partial charge in [0.1, 0.15) is 5.69 Å². The second-order valence-corrected chi connectivity index (χ2v) is 6.34. The van der Waals surface area contributed by atoms with Gasteiger partial charge in [-0.15, -0.1) is 11.3 Å². The minimum Gasteiger partial charge on any atom is -0.466 e. The molecule has 0 aliphatic rings. The van der Waals surface area contributed by atoms with Crippen LogP contribution in [0.25, 0.3) is 11.0 Å². The quantitative estimate of drug-likeness (QED) is 0.680. The SMILES string of the molecule is CCOC(=O)Cc1csc(NC(=O)Cc2noc3ccc(C)cc23)n1. The van der Waals surface area contributed by atoms with E-state index in [4.69, 9.17) is 9.26 Å². The van der Waals surface area contributed by atoms with Crippen LogP contribution in [-0.2, 0) is 27.2 Å². The number of hydrogen-bond donors (Lipinski definition) is 1. The van der Waals surface area contributed by atoms with E-state index in [9.17, 15) is 9.59 Å². The Hall–Kier alpha value is -2.74. The van der Waals surface area contributed by atoms with Crippen molar-refractivity contribution in [3.8, 4) is 0 Å². The van der Waals surface area contributed by atoms with Crippen LogP contribution >= 0.6 is 11.3 Å². The van der Waals surface area contributed by atoms with Crippen molar-refractivity contribution in [3.05, 3.63) is 40.5 Å². The number of anilines is 1. The average molecular weight is 359 g/mol. The lowest BCUT2D eigenvalue weighted by Crippen LogP contribution is -2.15. The number of thiazole rings is 1. The van der Waals surface area contributed by atoms with Crippen LogP contribution in [0.15, 0.2) is 28.1 Å². The van der Waals surface area contributed by atoms with Gasteiger partial charge in [0.05, 0.1) is 25.1 Å². The van der Waals surface area contributed by atoms with Gasteiger partial charge in [0.2, 0.25) is 5.91 Å². The predicted molar refractivity (Wildman–Crippen MR) is 93.5 cm³/mol. The van der Waals surface area contributed by atoms with Gasteiger partial charge in [0.15, 0.2) is 10.7 Å². The fourth-order valence-electron chi connectivity index (χ4n) is 2.35. The van der Waals surface area contributed by atoms with Crippen molar-refractivity contribution in [2.24, 2.45) is 0 Å². The number of hydrogen-bond acceptors (Lipinski definition) is 7. The van der Waals surface area contributed by atoms with Gasteiger partial charge in [-0.2, -0.15) is 0 Å². The van der Waals surface area contributed by atoms with Gasteiger partial charge < -0.3 is 14.6 Å². The number of aryl methyl sites for hydroxylation is 1. The number of carbonyl (C=O) groups excluding carboxylic acids is 2. The number of ether oxygens (including phenoxy) is 1. The zero-order valence-electron chi connectivity index (χ0n) is 13.9. The van der Waals surface area contributed by atoms with Crippen LogP contribution in [-0.4, -0.2) is 28.6 Å². The summed E-state index contributed by atoms with van der Waals surface area (Å²) in [6.45, 7) is 4.05. The van der Waals surface area contributed by atoms with Crippen molar-refractivity contribution in [1.29, 1.82) is 0 Å². The summed E-state index contributed by atoms with van der Waals surface area (Å²) in [6.07, 6.45) is 0.177. The molecule has 0 fully saturated rings. The van der Waals surface area contributed by atoms with Gasteiger partial charge in [-0.3, -0.25) is 9.59 Å². The van der Waals surface area contributed by atoms with E-state index >= 15 is 0 Å². The predicted octanol–water partition coefficient (Wildman–Crippen LogP) is 2.88. The highest BCUT2D eigenvalue weighted by Gasteiger charge is 2.15. The zero-order valence-corrected chi connectivity index (χ0v) is 14.7. The van der Waals surface area contributed by atoms with Crippen LogP contribution in [0.3, 0.4) is 0 Å². The molecule has 0 bridgehead atoms. The minimum atomic E-state index is -0.338. The van der Waals surface area contributed by atoms with Gasteiger partial charge in [-0.1, -0.05) is 16.8 Å². The molecule has 0 aliphatic carbocycles. The Kier molecular flexibility index (Phi) is 5.08. The number of esters is 1. The van der Waals surface area contributed by atoms with Crippen LogP contribution in [0, 0.1) is 6.92 Å². The second-order valence-electron chi connectivity index (χ2n) is 5.48. The molecule has 3 aromatic rings. The van der Waals surface area contributed by atoms with E-state index in [2.05, 4.69) is 15.5 Å². The molecule has 0 unspecified atom stereocenters. The largest absolute Gasteiger partial charge is 0.466 e. The molecule has 0 saturated carbocycles. The third kappa shape index (κ3) is 4.21. The molecule has 0 radical (unpaired) electrons. The van der Waals surface area contributed by atoms with Crippen molar-refractivity contribution in [2.45, 2.75) is 26.7 Å². The normalized spacial score (nSPS) is 10.8. The highest BCUT2D eigenvalue weighted by atomic mass is 32.1. The number of fused-ring (bicyclic) bond motifs is 1. The third-order valence-corrected chi connectivity index (χ3v) is 4.26. The van der Waals surface area contributed by atoms with Gasteiger partial charge in [-0.25, -0.2) is 4.98 Å². The Morgan fingerprint density at radius 2 is 2.16 bits per heavy atom. The number of aromatic nitrogens is 2. The molecule has 8 heteroatoms. The number of nitrogens with one attached hydrogen (secondary N) is 1. The molecule has 130 valence electrons. The Bertz CT molecular complexity index is 916. The maximum atomic E-state index is 12.2. The first-order valence-electron chi connectivity index (χ1n) is 7.80. The maximum Gasteiger partial charge on any atom is 0.311 e. The monoisotopic (exact) mass is 359 g/mol. The molecule has 0 spiro atoms. The molecule has 3 rings (SSSR count). The van der Waals surface area contributed by atoms with Gasteiger partial charge in [-0.05, 0) is 26.0 Å². The minimum absolute atomic E-state index is 0.0866. The van der Waals surface area contributed by atoms with E-state index in [1.165, 1.54) is 11.3 Å². The summed E-state index contributed by atoms with van der Waals surface area (Å²) in [5, 5.41) is 9.68. The summed E-state index contributed by atoms with van der Waals surface area (Å²) in [5.41, 5.74) is 2.88. The van der Waals surface area contributed by atoms with E-state index in [0.29, 0.717) is 28.7 Å². The standard InChI is InChI=1S/C17H17N3O4S/c1-3-23-16(22)7-11-9-25-17(18-11)19-15(21)8-13-12-6-10(2)4-5-14(12)24-20-13/h4-6,9H,3,7-8H2,1-2H3,(H,18,19,21). The highest BCUT2D eigenvalue weighted by molar-refractivity contribution is 7.13. The average Bonchev–Trinajstić information content (AvgIpc) is 3.15. The van der Waals surface area contributed by atoms with Crippen molar-refractivity contribution >= 4 is 39.3 Å². The number of benzene rings is 1. The van der Waals surface area contributed by atoms with E-state index in [-0.39, 0.29) is 24.7 Å². The topological polar surface area (TPSA) is 94.3 Å². The molecule has 2 aromatic heterocycles. The van der Waals surface area contributed by atoms with Gasteiger partial charge in [0, 0.05) is 10.8 Å². The lowest BCUT2D eigenvalue weighted by atomic mass is 10.1. The number of carbonyl (C=O) groups is 2. The van der Waals surface area contributed by atoms with E-state index in [0.717, 1.165) is 10.9 Å². The summed E-state index contributed by atoms with van der Waals surface area (Å²) in [4.78, 5) is 27.9. The molecule has 0 aliphatic heterocycles. The Morgan fingerprint density at radius 1 is 1.32 bits per heavy atom. The maximum absolute atomic E-state index is 12.2. The summed E-state index contributed by atoms with van der Waals surface area (Å²) < 4.78 is 10.1. The van der Waals surface area contributed by atoms with Crippen LogP contribution < -0.4 is 5.32 Å². The molecular formula is C17H17N3O4S. The Balaban J connectivity index is 1.63. The fourth-order valence-corrected chi connectivity index (χ4v) is 3.08. The van der Waals surface area contributed by atoms with Gasteiger partial charge >= 0.3 is 5.97 Å². The van der Waals surface area contributed by atoms with Crippen LogP contribution in [0.4, 0.5) is 5.13 Å². The van der Waals surface area contributed by atoms with Crippen molar-refractivity contribution in [1.82, 2.24) is 10.1 Å².